The fraction of sp³-hybridized carbons (Fsp3) is 0. The number of hydrogen-bond acceptors (Lipinski definition) is 4. The second-order valence-electron chi connectivity index (χ2n) is 13.5. The zero-order valence-corrected chi connectivity index (χ0v) is 28.5. The molecule has 0 atom stereocenters. The zero-order valence-electron chi connectivity index (χ0n) is 28.5. The zero-order chi connectivity index (χ0) is 34.9. The molecule has 0 saturated heterocycles. The van der Waals surface area contributed by atoms with Gasteiger partial charge in [0.2, 0.25) is 0 Å². The summed E-state index contributed by atoms with van der Waals surface area (Å²) < 4.78 is 6.57. The lowest BCUT2D eigenvalue weighted by atomic mass is 9.88. The SMILES string of the molecule is C1=C\c2c(-c3ccc(-c4cccc(-c5nc6ccccc6c6c5ccc5c7ccccc7oc56)c4)c4ncccc34)cc3cccnc3c2/C=C/C=C/1. The van der Waals surface area contributed by atoms with Gasteiger partial charge in [0, 0.05) is 66.8 Å². The van der Waals surface area contributed by atoms with E-state index in [0.717, 1.165) is 110 Å². The highest BCUT2D eigenvalue weighted by Crippen LogP contribution is 2.43. The van der Waals surface area contributed by atoms with Crippen LogP contribution >= 0.6 is 0 Å². The Kier molecular flexibility index (Phi) is 6.52. The number of aromatic nitrogens is 3. The van der Waals surface area contributed by atoms with Crippen molar-refractivity contribution in [2.24, 2.45) is 0 Å². The third kappa shape index (κ3) is 4.59. The van der Waals surface area contributed by atoms with Crippen LogP contribution in [-0.2, 0) is 0 Å². The van der Waals surface area contributed by atoms with E-state index in [4.69, 9.17) is 19.4 Å². The van der Waals surface area contributed by atoms with Crippen molar-refractivity contribution >= 4 is 77.6 Å². The maximum absolute atomic E-state index is 6.57. The molecule has 4 aromatic heterocycles. The van der Waals surface area contributed by atoms with Crippen molar-refractivity contribution < 1.29 is 4.42 Å². The van der Waals surface area contributed by atoms with Crippen molar-refractivity contribution in [3.05, 3.63) is 175 Å². The van der Waals surface area contributed by atoms with Crippen molar-refractivity contribution in [2.45, 2.75) is 0 Å². The third-order valence-corrected chi connectivity index (χ3v) is 10.5. The van der Waals surface area contributed by atoms with Gasteiger partial charge in [0.1, 0.15) is 11.2 Å². The average Bonchev–Trinajstić information content (AvgIpc) is 3.59. The molecular formula is C49H29N3O. The third-order valence-electron chi connectivity index (χ3n) is 10.5. The minimum atomic E-state index is 0.888. The van der Waals surface area contributed by atoms with Crippen LogP contribution in [0.1, 0.15) is 11.1 Å². The van der Waals surface area contributed by atoms with Gasteiger partial charge >= 0.3 is 0 Å². The van der Waals surface area contributed by atoms with Gasteiger partial charge in [-0.25, -0.2) is 4.98 Å². The van der Waals surface area contributed by atoms with Gasteiger partial charge < -0.3 is 4.42 Å². The van der Waals surface area contributed by atoms with E-state index >= 15 is 0 Å². The van der Waals surface area contributed by atoms with E-state index in [2.05, 4.69) is 140 Å². The van der Waals surface area contributed by atoms with E-state index in [1.807, 2.05) is 36.7 Å². The predicted octanol–water partition coefficient (Wildman–Crippen LogP) is 13.0. The van der Waals surface area contributed by atoms with Crippen LogP contribution in [0.3, 0.4) is 0 Å². The molecule has 0 fully saturated rings. The molecule has 10 aromatic rings. The monoisotopic (exact) mass is 675 g/mol. The first kappa shape index (κ1) is 29.5. The Morgan fingerprint density at radius 3 is 2.11 bits per heavy atom. The van der Waals surface area contributed by atoms with Crippen LogP contribution in [0.5, 0.6) is 0 Å². The molecule has 0 radical (unpaired) electrons. The van der Waals surface area contributed by atoms with Gasteiger partial charge in [-0.1, -0.05) is 121 Å². The summed E-state index contributed by atoms with van der Waals surface area (Å²) in [7, 11) is 0. The molecule has 1 aliphatic carbocycles. The predicted molar refractivity (Wildman–Crippen MR) is 221 cm³/mol. The lowest BCUT2D eigenvalue weighted by Crippen LogP contribution is -1.95. The van der Waals surface area contributed by atoms with Gasteiger partial charge in [-0.3, -0.25) is 9.97 Å². The van der Waals surface area contributed by atoms with Gasteiger partial charge in [-0.05, 0) is 64.7 Å². The van der Waals surface area contributed by atoms with Crippen molar-refractivity contribution in [1.29, 1.82) is 0 Å². The van der Waals surface area contributed by atoms with E-state index < -0.39 is 0 Å². The number of nitrogens with zero attached hydrogens (tertiary/aromatic N) is 3. The normalized spacial score (nSPS) is 14.5. The molecule has 0 spiro atoms. The smallest absolute Gasteiger partial charge is 0.144 e. The first-order valence-corrected chi connectivity index (χ1v) is 17.8. The van der Waals surface area contributed by atoms with Crippen LogP contribution in [0.2, 0.25) is 0 Å². The van der Waals surface area contributed by atoms with Crippen LogP contribution in [0.15, 0.2) is 169 Å². The number of rotatable bonds is 3. The summed E-state index contributed by atoms with van der Waals surface area (Å²) in [4.78, 5) is 15.1. The Morgan fingerprint density at radius 1 is 0.453 bits per heavy atom. The van der Waals surface area contributed by atoms with Crippen LogP contribution < -0.4 is 0 Å². The molecule has 4 heteroatoms. The van der Waals surface area contributed by atoms with Gasteiger partial charge in [0.15, 0.2) is 0 Å². The van der Waals surface area contributed by atoms with Crippen molar-refractivity contribution in [3.8, 4) is 33.5 Å². The number of para-hydroxylation sites is 2. The second-order valence-corrected chi connectivity index (χ2v) is 13.5. The molecule has 4 nitrogen and oxygen atoms in total. The average molecular weight is 676 g/mol. The molecular weight excluding hydrogens is 647 g/mol. The molecule has 4 heterocycles. The van der Waals surface area contributed by atoms with E-state index in [9.17, 15) is 0 Å². The highest BCUT2D eigenvalue weighted by atomic mass is 16.3. The first-order valence-electron chi connectivity index (χ1n) is 17.8. The summed E-state index contributed by atoms with van der Waals surface area (Å²) in [5.74, 6) is 0. The summed E-state index contributed by atoms with van der Waals surface area (Å²) in [5.41, 5.74) is 13.3. The molecule has 0 N–H and O–H groups in total. The lowest BCUT2D eigenvalue weighted by molar-refractivity contribution is 0.673. The van der Waals surface area contributed by atoms with Gasteiger partial charge in [0.25, 0.3) is 0 Å². The van der Waals surface area contributed by atoms with Crippen LogP contribution in [0, 0.1) is 0 Å². The largest absolute Gasteiger partial charge is 0.455 e. The maximum atomic E-state index is 6.57. The Labute approximate surface area is 304 Å². The summed E-state index contributed by atoms with van der Waals surface area (Å²) in [6.07, 6.45) is 16.4. The topological polar surface area (TPSA) is 51.8 Å². The molecule has 0 bridgehead atoms. The standard InChI is InChI=1S/C49H29N3O/c1-2-4-17-37-34(15-3-1)42(29-32-14-10-26-50-46(32)37)35-23-22-33(48-38(35)19-11-27-51-48)30-12-9-13-31(28-30)47-41-25-24-39-36-16-6-8-21-44(36)53-49(39)45(41)40-18-5-7-20-43(40)52-47/h1-29H/b2-1+,3-1?,4-2?,15-3-,17-4+,34-15?,37-17?. The van der Waals surface area contributed by atoms with Gasteiger partial charge in [-0.2, -0.15) is 0 Å². The van der Waals surface area contributed by atoms with Crippen LogP contribution in [0.4, 0.5) is 0 Å². The highest BCUT2D eigenvalue weighted by Gasteiger charge is 2.20. The quantitative estimate of drug-likeness (QED) is 0.175. The molecule has 246 valence electrons. The minimum absolute atomic E-state index is 0.888. The molecule has 0 aliphatic heterocycles. The molecule has 1 aliphatic rings. The first-order chi connectivity index (χ1) is 26.3. The fourth-order valence-electron chi connectivity index (χ4n) is 8.18. The second kappa shape index (κ2) is 11.7. The molecule has 0 saturated carbocycles. The highest BCUT2D eigenvalue weighted by molar-refractivity contribution is 6.24. The summed E-state index contributed by atoms with van der Waals surface area (Å²) in [6.45, 7) is 0. The van der Waals surface area contributed by atoms with Crippen molar-refractivity contribution in [3.63, 3.8) is 0 Å². The molecule has 0 unspecified atom stereocenters. The van der Waals surface area contributed by atoms with Crippen LogP contribution in [0.25, 0.3) is 111 Å². The van der Waals surface area contributed by atoms with Crippen molar-refractivity contribution in [2.75, 3.05) is 0 Å². The Hall–Kier alpha value is -7.17. The number of fused-ring (bicyclic) bond motifs is 11. The number of pyridine rings is 3. The maximum Gasteiger partial charge on any atom is 0.144 e. The Balaban J connectivity index is 1.12. The van der Waals surface area contributed by atoms with E-state index in [0.29, 0.717) is 0 Å². The number of hydrogen-bond donors (Lipinski definition) is 0. The Bertz CT molecular complexity index is 3240. The lowest BCUT2D eigenvalue weighted by Gasteiger charge is -2.17. The molecule has 6 aromatic carbocycles. The Morgan fingerprint density at radius 2 is 1.19 bits per heavy atom. The van der Waals surface area contributed by atoms with E-state index in [1.54, 1.807) is 0 Å². The number of benzene rings is 6. The van der Waals surface area contributed by atoms with Crippen LogP contribution in [-0.4, -0.2) is 15.0 Å². The van der Waals surface area contributed by atoms with Gasteiger partial charge in [0.05, 0.1) is 22.2 Å². The fourth-order valence-corrected chi connectivity index (χ4v) is 8.18. The molecule has 53 heavy (non-hydrogen) atoms. The van der Waals surface area contributed by atoms with Gasteiger partial charge in [-0.15, -0.1) is 0 Å². The summed E-state index contributed by atoms with van der Waals surface area (Å²) >= 11 is 0. The summed E-state index contributed by atoms with van der Waals surface area (Å²) in [5, 5.41) is 7.65. The molecule has 0 amide bonds. The number of allylic oxidation sites excluding steroid dienone is 4. The van der Waals surface area contributed by atoms with E-state index in [-0.39, 0.29) is 0 Å². The summed E-state index contributed by atoms with van der Waals surface area (Å²) in [6, 6.07) is 44.8. The minimum Gasteiger partial charge on any atom is -0.455 e. The number of furan rings is 1. The van der Waals surface area contributed by atoms with Crippen molar-refractivity contribution in [1.82, 2.24) is 15.0 Å². The van der Waals surface area contributed by atoms with E-state index in [1.165, 1.54) is 0 Å². The molecule has 11 rings (SSSR count).